The van der Waals surface area contributed by atoms with Crippen molar-refractivity contribution < 1.29 is 14.3 Å². The highest BCUT2D eigenvalue weighted by Crippen LogP contribution is 2.37. The third-order valence-corrected chi connectivity index (χ3v) is 7.01. The van der Waals surface area contributed by atoms with Crippen LogP contribution < -0.4 is 14.3 Å². The second-order valence-corrected chi connectivity index (χ2v) is 10.5. The van der Waals surface area contributed by atoms with Crippen LogP contribution >= 0.6 is 34.9 Å². The topological polar surface area (TPSA) is 52.8 Å². The number of carbonyl (C=O) groups is 1. The van der Waals surface area contributed by atoms with E-state index in [2.05, 4.69) is 29.7 Å². The molecule has 2 heterocycles. The number of aromatic nitrogens is 1. The van der Waals surface area contributed by atoms with E-state index >= 15 is 0 Å². The summed E-state index contributed by atoms with van der Waals surface area (Å²) in [7, 11) is 0. The van der Waals surface area contributed by atoms with Gasteiger partial charge < -0.3 is 14.0 Å². The summed E-state index contributed by atoms with van der Waals surface area (Å²) in [5, 5.41) is 0.504. The van der Waals surface area contributed by atoms with Gasteiger partial charge in [0.25, 0.3) is 5.91 Å². The standard InChI is InChI=1S/C21H22N2O3S3/c1-13(2)28-15-6-4-14(5-7-15)20(24)22-21-23(8-9-27-3)16-10-17-18(26-12-25-17)11-19(16)29-21/h4-7,10-11,13H,8-9,12H2,1-3H3. The largest absolute Gasteiger partial charge is 0.454 e. The smallest absolute Gasteiger partial charge is 0.279 e. The number of nitrogens with zero attached hydrogens (tertiary/aromatic N) is 2. The fourth-order valence-electron chi connectivity index (χ4n) is 3.04. The maximum atomic E-state index is 12.8. The van der Waals surface area contributed by atoms with E-state index < -0.39 is 0 Å². The van der Waals surface area contributed by atoms with E-state index in [1.165, 1.54) is 11.3 Å². The monoisotopic (exact) mass is 446 g/mol. The Balaban J connectivity index is 1.71. The summed E-state index contributed by atoms with van der Waals surface area (Å²) in [5.74, 6) is 2.19. The molecular formula is C21H22N2O3S3. The molecule has 1 amide bonds. The van der Waals surface area contributed by atoms with Crippen molar-refractivity contribution in [3.05, 3.63) is 46.8 Å². The lowest BCUT2D eigenvalue weighted by atomic mass is 10.2. The highest BCUT2D eigenvalue weighted by molar-refractivity contribution is 7.99. The van der Waals surface area contributed by atoms with E-state index in [0.29, 0.717) is 15.6 Å². The zero-order chi connectivity index (χ0) is 20.4. The number of hydrogen-bond acceptors (Lipinski definition) is 6. The number of fused-ring (bicyclic) bond motifs is 2. The van der Waals surface area contributed by atoms with Gasteiger partial charge in [0, 0.05) is 40.1 Å². The summed E-state index contributed by atoms with van der Waals surface area (Å²) in [5.41, 5.74) is 1.62. The number of aryl methyl sites for hydroxylation is 1. The summed E-state index contributed by atoms with van der Waals surface area (Å²) < 4.78 is 14.2. The van der Waals surface area contributed by atoms with Gasteiger partial charge in [-0.15, -0.1) is 11.8 Å². The Morgan fingerprint density at radius 1 is 1.21 bits per heavy atom. The van der Waals surface area contributed by atoms with Gasteiger partial charge in [-0.2, -0.15) is 16.8 Å². The normalized spacial score (nSPS) is 13.6. The maximum Gasteiger partial charge on any atom is 0.279 e. The summed E-state index contributed by atoms with van der Waals surface area (Å²) in [6, 6.07) is 11.6. The molecule has 0 fully saturated rings. The molecule has 0 radical (unpaired) electrons. The highest BCUT2D eigenvalue weighted by atomic mass is 32.2. The third kappa shape index (κ3) is 4.49. The number of thiazole rings is 1. The summed E-state index contributed by atoms with van der Waals surface area (Å²) in [4.78, 5) is 19.1. The predicted molar refractivity (Wildman–Crippen MR) is 122 cm³/mol. The maximum absolute atomic E-state index is 12.8. The molecule has 29 heavy (non-hydrogen) atoms. The molecule has 0 unspecified atom stereocenters. The number of rotatable bonds is 6. The number of hydrogen-bond donors (Lipinski definition) is 0. The highest BCUT2D eigenvalue weighted by Gasteiger charge is 2.18. The van der Waals surface area contributed by atoms with Crippen molar-refractivity contribution in [1.82, 2.24) is 4.57 Å². The van der Waals surface area contributed by atoms with Gasteiger partial charge in [-0.3, -0.25) is 4.79 Å². The molecule has 0 aliphatic carbocycles. The van der Waals surface area contributed by atoms with Crippen LogP contribution in [0.4, 0.5) is 0 Å². The van der Waals surface area contributed by atoms with Crippen LogP contribution in [-0.4, -0.2) is 34.5 Å². The Morgan fingerprint density at radius 3 is 2.62 bits per heavy atom. The number of ether oxygens (including phenoxy) is 2. The second kappa shape index (κ2) is 8.85. The van der Waals surface area contributed by atoms with Crippen LogP contribution in [0.25, 0.3) is 10.2 Å². The lowest BCUT2D eigenvalue weighted by molar-refractivity contribution is 0.0998. The molecule has 152 valence electrons. The van der Waals surface area contributed by atoms with Crippen molar-refractivity contribution in [1.29, 1.82) is 0 Å². The van der Waals surface area contributed by atoms with Crippen LogP contribution in [0.5, 0.6) is 11.5 Å². The lowest BCUT2D eigenvalue weighted by Gasteiger charge is -2.05. The molecule has 3 aromatic rings. The van der Waals surface area contributed by atoms with Crippen molar-refractivity contribution in [3.8, 4) is 11.5 Å². The average Bonchev–Trinajstić information content (AvgIpc) is 3.28. The lowest BCUT2D eigenvalue weighted by Crippen LogP contribution is -2.18. The van der Waals surface area contributed by atoms with E-state index in [1.54, 1.807) is 23.5 Å². The van der Waals surface area contributed by atoms with Gasteiger partial charge in [0.15, 0.2) is 16.3 Å². The number of amides is 1. The van der Waals surface area contributed by atoms with E-state index in [0.717, 1.165) is 38.9 Å². The van der Waals surface area contributed by atoms with Crippen LogP contribution in [0.15, 0.2) is 46.3 Å². The minimum absolute atomic E-state index is 0.226. The van der Waals surface area contributed by atoms with Gasteiger partial charge in [-0.1, -0.05) is 25.2 Å². The number of carbonyl (C=O) groups excluding carboxylic acids is 1. The van der Waals surface area contributed by atoms with Gasteiger partial charge >= 0.3 is 0 Å². The minimum Gasteiger partial charge on any atom is -0.454 e. The molecule has 0 saturated heterocycles. The zero-order valence-corrected chi connectivity index (χ0v) is 19.0. The molecule has 1 aliphatic rings. The van der Waals surface area contributed by atoms with E-state index in [4.69, 9.17) is 9.47 Å². The van der Waals surface area contributed by atoms with Gasteiger partial charge in [0.1, 0.15) is 0 Å². The molecule has 8 heteroatoms. The molecule has 0 atom stereocenters. The molecule has 0 spiro atoms. The first-order chi connectivity index (χ1) is 14.0. The van der Waals surface area contributed by atoms with E-state index in [-0.39, 0.29) is 12.7 Å². The van der Waals surface area contributed by atoms with Gasteiger partial charge in [-0.25, -0.2) is 0 Å². The van der Waals surface area contributed by atoms with Crippen molar-refractivity contribution in [2.45, 2.75) is 30.5 Å². The Hall–Kier alpha value is -1.90. The number of benzene rings is 2. The van der Waals surface area contributed by atoms with Crippen molar-refractivity contribution in [2.24, 2.45) is 4.99 Å². The molecule has 2 aromatic carbocycles. The Morgan fingerprint density at radius 2 is 1.93 bits per heavy atom. The third-order valence-electron chi connectivity index (χ3n) is 4.37. The molecular weight excluding hydrogens is 424 g/mol. The van der Waals surface area contributed by atoms with Crippen LogP contribution in [0.3, 0.4) is 0 Å². The first-order valence-electron chi connectivity index (χ1n) is 9.33. The predicted octanol–water partition coefficient (Wildman–Crippen LogP) is 5.04. The minimum atomic E-state index is -0.226. The molecule has 0 saturated carbocycles. The number of thioether (sulfide) groups is 2. The van der Waals surface area contributed by atoms with Crippen molar-refractivity contribution in [3.63, 3.8) is 0 Å². The molecule has 1 aromatic heterocycles. The zero-order valence-electron chi connectivity index (χ0n) is 16.5. The first-order valence-corrected chi connectivity index (χ1v) is 12.4. The fraction of sp³-hybridized carbons (Fsp3) is 0.333. The van der Waals surface area contributed by atoms with Crippen LogP contribution in [0, 0.1) is 0 Å². The van der Waals surface area contributed by atoms with Gasteiger partial charge in [0.05, 0.1) is 10.2 Å². The molecule has 4 rings (SSSR count). The van der Waals surface area contributed by atoms with Crippen LogP contribution in [0.2, 0.25) is 0 Å². The summed E-state index contributed by atoms with van der Waals surface area (Å²) >= 11 is 5.04. The fourth-order valence-corrected chi connectivity index (χ4v) is 5.31. The molecule has 0 N–H and O–H groups in total. The van der Waals surface area contributed by atoms with Crippen molar-refractivity contribution >= 4 is 51.0 Å². The Bertz CT molecular complexity index is 1100. The van der Waals surface area contributed by atoms with Crippen LogP contribution in [-0.2, 0) is 6.54 Å². The van der Waals surface area contributed by atoms with Gasteiger partial charge in [0.2, 0.25) is 6.79 Å². The summed E-state index contributed by atoms with van der Waals surface area (Å²) in [6.07, 6.45) is 2.07. The molecule has 0 bridgehead atoms. The average molecular weight is 447 g/mol. The molecule has 1 aliphatic heterocycles. The summed E-state index contributed by atoms with van der Waals surface area (Å²) in [6.45, 7) is 5.33. The molecule has 5 nitrogen and oxygen atoms in total. The van der Waals surface area contributed by atoms with E-state index in [1.807, 2.05) is 36.4 Å². The SMILES string of the molecule is CSCCn1c(=NC(=O)c2ccc(SC(C)C)cc2)sc2cc3c(cc21)OCO3. The quantitative estimate of drug-likeness (QED) is 0.497. The van der Waals surface area contributed by atoms with Crippen LogP contribution in [0.1, 0.15) is 24.2 Å². The second-order valence-electron chi connectivity index (χ2n) is 6.81. The Labute approximate surface area is 182 Å². The Kier molecular flexibility index (Phi) is 6.22. The van der Waals surface area contributed by atoms with Gasteiger partial charge in [-0.05, 0) is 30.5 Å². The first kappa shape index (κ1) is 20.4. The van der Waals surface area contributed by atoms with Crippen molar-refractivity contribution in [2.75, 3.05) is 18.8 Å². The van der Waals surface area contributed by atoms with E-state index in [9.17, 15) is 4.79 Å².